The summed E-state index contributed by atoms with van der Waals surface area (Å²) in [5.41, 5.74) is 3.71. The molecule has 0 atom stereocenters. The van der Waals surface area contributed by atoms with Crippen LogP contribution in [-0.4, -0.2) is 43.5 Å². The Balaban J connectivity index is 1.76. The van der Waals surface area contributed by atoms with Crippen molar-refractivity contribution in [3.8, 4) is 0 Å². The molecule has 0 saturated carbocycles. The number of hydrogen-bond acceptors (Lipinski definition) is 4. The zero-order chi connectivity index (χ0) is 18.2. The van der Waals surface area contributed by atoms with Crippen LogP contribution < -0.4 is 10.6 Å². The third-order valence-corrected chi connectivity index (χ3v) is 5.04. The molecule has 0 aliphatic heterocycles. The molecule has 2 N–H and O–H groups in total. The summed E-state index contributed by atoms with van der Waals surface area (Å²) in [5.74, 6) is 0.822. The molecule has 1 heterocycles. The fraction of sp³-hybridized carbons (Fsp3) is 0.474. The van der Waals surface area contributed by atoms with Crippen molar-refractivity contribution in [2.24, 2.45) is 4.99 Å². The highest BCUT2D eigenvalue weighted by Crippen LogP contribution is 2.16. The van der Waals surface area contributed by atoms with Gasteiger partial charge in [0.25, 0.3) is 0 Å². The van der Waals surface area contributed by atoms with Gasteiger partial charge in [-0.25, -0.2) is 4.98 Å². The molecule has 25 heavy (non-hydrogen) atoms. The number of hydrogen-bond donors (Lipinski definition) is 2. The molecule has 0 fully saturated rings. The molecule has 0 aliphatic carbocycles. The molecular weight excluding hydrogens is 330 g/mol. The van der Waals surface area contributed by atoms with Gasteiger partial charge >= 0.3 is 0 Å². The molecule has 0 unspecified atom stereocenters. The monoisotopic (exact) mass is 359 g/mol. The van der Waals surface area contributed by atoms with Crippen molar-refractivity contribution < 1.29 is 0 Å². The summed E-state index contributed by atoms with van der Waals surface area (Å²) < 4.78 is 0. The average molecular weight is 360 g/mol. The van der Waals surface area contributed by atoms with Crippen LogP contribution in [-0.2, 0) is 19.5 Å². The maximum absolute atomic E-state index is 4.57. The minimum atomic E-state index is 0.761. The topological polar surface area (TPSA) is 52.6 Å². The van der Waals surface area contributed by atoms with E-state index in [1.807, 2.05) is 0 Å². The molecule has 1 aromatic carbocycles. The van der Waals surface area contributed by atoms with Gasteiger partial charge in [0.05, 0.1) is 10.7 Å². The number of aromatic nitrogens is 1. The summed E-state index contributed by atoms with van der Waals surface area (Å²) in [6.07, 6.45) is 0.916. The Labute approximate surface area is 155 Å². The third kappa shape index (κ3) is 6.48. The summed E-state index contributed by atoms with van der Waals surface area (Å²) in [5, 5.41) is 7.89. The fourth-order valence-corrected chi connectivity index (χ4v) is 3.40. The molecular formula is C19H29N5S. The first-order chi connectivity index (χ1) is 12.0. The number of nitrogens with zero attached hydrogens (tertiary/aromatic N) is 3. The van der Waals surface area contributed by atoms with Crippen LogP contribution in [0, 0.1) is 13.8 Å². The maximum atomic E-state index is 4.57. The molecule has 0 bridgehead atoms. The van der Waals surface area contributed by atoms with E-state index < -0.39 is 0 Å². The van der Waals surface area contributed by atoms with Crippen LogP contribution in [0.2, 0.25) is 0 Å². The number of aliphatic imine (C=N–C) groups is 1. The van der Waals surface area contributed by atoms with Crippen molar-refractivity contribution in [1.29, 1.82) is 0 Å². The molecule has 2 rings (SSSR count). The summed E-state index contributed by atoms with van der Waals surface area (Å²) in [6.45, 7) is 6.74. The lowest BCUT2D eigenvalue weighted by molar-refractivity contribution is 0.402. The van der Waals surface area contributed by atoms with Crippen LogP contribution in [0.5, 0.6) is 0 Å². The number of guanidine groups is 1. The lowest BCUT2D eigenvalue weighted by Crippen LogP contribution is -2.37. The fourth-order valence-electron chi connectivity index (χ4n) is 2.47. The second kappa shape index (κ2) is 9.53. The Kier molecular flexibility index (Phi) is 7.40. The lowest BCUT2D eigenvalue weighted by atomic mass is 10.1. The third-order valence-electron chi connectivity index (χ3n) is 3.91. The largest absolute Gasteiger partial charge is 0.356 e. The van der Waals surface area contributed by atoms with Crippen LogP contribution in [0.25, 0.3) is 0 Å². The molecule has 6 heteroatoms. The van der Waals surface area contributed by atoms with Gasteiger partial charge in [-0.1, -0.05) is 24.3 Å². The van der Waals surface area contributed by atoms with Crippen LogP contribution in [0.3, 0.4) is 0 Å². The molecule has 0 spiro atoms. The average Bonchev–Trinajstić information content (AvgIpc) is 2.89. The Morgan fingerprint density at radius 1 is 1.12 bits per heavy atom. The summed E-state index contributed by atoms with van der Waals surface area (Å²) >= 11 is 1.77. The summed E-state index contributed by atoms with van der Waals surface area (Å²) in [4.78, 5) is 12.3. The maximum Gasteiger partial charge on any atom is 0.191 e. The molecule has 1 aromatic heterocycles. The number of rotatable bonds is 7. The predicted octanol–water partition coefficient (Wildman–Crippen LogP) is 2.73. The normalized spacial score (nSPS) is 11.8. The van der Waals surface area contributed by atoms with E-state index in [0.29, 0.717) is 0 Å². The smallest absolute Gasteiger partial charge is 0.191 e. The number of benzene rings is 1. The van der Waals surface area contributed by atoms with E-state index in [4.69, 9.17) is 0 Å². The Hall–Kier alpha value is -1.92. The molecule has 0 saturated heterocycles. The standard InChI is InChI=1S/C19H29N5S/c1-14-15(2)25-18(23-14)10-11-21-19(20-3)22-12-16-6-8-17(9-7-16)13-24(4)5/h6-9H,10-13H2,1-5H3,(H2,20,21,22). The SMILES string of the molecule is CN=C(NCCc1nc(C)c(C)s1)NCc1ccc(CN(C)C)cc1. The predicted molar refractivity (Wildman–Crippen MR) is 107 cm³/mol. The van der Waals surface area contributed by atoms with Gasteiger partial charge in [0.1, 0.15) is 0 Å². The summed E-state index contributed by atoms with van der Waals surface area (Å²) in [6, 6.07) is 8.70. The summed E-state index contributed by atoms with van der Waals surface area (Å²) in [7, 11) is 5.96. The molecule has 5 nitrogen and oxygen atoms in total. The highest BCUT2D eigenvalue weighted by Gasteiger charge is 2.04. The quantitative estimate of drug-likeness (QED) is 0.590. The van der Waals surface area contributed by atoms with Crippen molar-refractivity contribution >= 4 is 17.3 Å². The second-order valence-corrected chi connectivity index (χ2v) is 7.69. The Morgan fingerprint density at radius 3 is 2.36 bits per heavy atom. The van der Waals surface area contributed by atoms with Crippen molar-refractivity contribution in [3.63, 3.8) is 0 Å². The number of nitrogens with one attached hydrogen (secondary N) is 2. The molecule has 0 amide bonds. The van der Waals surface area contributed by atoms with E-state index in [9.17, 15) is 0 Å². The minimum absolute atomic E-state index is 0.761. The van der Waals surface area contributed by atoms with E-state index in [0.717, 1.165) is 37.7 Å². The molecule has 0 aliphatic rings. The first-order valence-electron chi connectivity index (χ1n) is 8.58. The lowest BCUT2D eigenvalue weighted by Gasteiger charge is -2.13. The first kappa shape index (κ1) is 19.4. The molecule has 136 valence electrons. The van der Waals surface area contributed by atoms with Crippen LogP contribution in [0.4, 0.5) is 0 Å². The molecule has 0 radical (unpaired) electrons. The van der Waals surface area contributed by atoms with E-state index in [1.165, 1.54) is 21.0 Å². The van der Waals surface area contributed by atoms with Gasteiger partial charge in [-0.05, 0) is 39.1 Å². The van der Waals surface area contributed by atoms with Crippen LogP contribution in [0.1, 0.15) is 26.7 Å². The van der Waals surface area contributed by atoms with Gasteiger partial charge in [-0.15, -0.1) is 11.3 Å². The van der Waals surface area contributed by atoms with Gasteiger partial charge in [-0.2, -0.15) is 0 Å². The van der Waals surface area contributed by atoms with E-state index >= 15 is 0 Å². The van der Waals surface area contributed by atoms with Crippen molar-refractivity contribution in [3.05, 3.63) is 51.0 Å². The van der Waals surface area contributed by atoms with Gasteiger partial charge in [0.2, 0.25) is 0 Å². The zero-order valence-electron chi connectivity index (χ0n) is 15.9. The van der Waals surface area contributed by atoms with Crippen LogP contribution >= 0.6 is 11.3 Å². The van der Waals surface area contributed by atoms with E-state index in [2.05, 4.69) is 77.7 Å². The van der Waals surface area contributed by atoms with Crippen molar-refractivity contribution in [2.75, 3.05) is 27.7 Å². The van der Waals surface area contributed by atoms with Crippen LogP contribution in [0.15, 0.2) is 29.3 Å². The van der Waals surface area contributed by atoms with E-state index in [1.54, 1.807) is 18.4 Å². The zero-order valence-corrected chi connectivity index (χ0v) is 16.7. The van der Waals surface area contributed by atoms with E-state index in [-0.39, 0.29) is 0 Å². The number of thiazole rings is 1. The Morgan fingerprint density at radius 2 is 1.80 bits per heavy atom. The second-order valence-electron chi connectivity index (χ2n) is 6.41. The van der Waals surface area contributed by atoms with Crippen molar-refractivity contribution in [1.82, 2.24) is 20.5 Å². The van der Waals surface area contributed by atoms with Gasteiger partial charge in [0, 0.05) is 38.0 Å². The highest BCUT2D eigenvalue weighted by molar-refractivity contribution is 7.11. The van der Waals surface area contributed by atoms with Gasteiger partial charge in [0.15, 0.2) is 5.96 Å². The Bertz CT molecular complexity index is 669. The van der Waals surface area contributed by atoms with Crippen molar-refractivity contribution in [2.45, 2.75) is 33.4 Å². The molecule has 2 aromatic rings. The van der Waals surface area contributed by atoms with Gasteiger partial charge in [-0.3, -0.25) is 4.99 Å². The highest BCUT2D eigenvalue weighted by atomic mass is 32.1. The first-order valence-corrected chi connectivity index (χ1v) is 9.39. The van der Waals surface area contributed by atoms with Gasteiger partial charge < -0.3 is 15.5 Å². The minimum Gasteiger partial charge on any atom is -0.356 e. The number of aryl methyl sites for hydroxylation is 2.